The zero-order valence-corrected chi connectivity index (χ0v) is 24.2. The second kappa shape index (κ2) is 8.47. The van der Waals surface area contributed by atoms with Crippen molar-refractivity contribution in [1.29, 1.82) is 0 Å². The second-order valence-corrected chi connectivity index (χ2v) is 15.4. The second-order valence-electron chi connectivity index (χ2n) is 8.85. The lowest BCUT2D eigenvalue weighted by Crippen LogP contribution is -2.51. The van der Waals surface area contributed by atoms with Crippen LogP contribution in [0, 0.1) is 11.8 Å². The van der Waals surface area contributed by atoms with E-state index in [1.807, 2.05) is 36.4 Å². The Morgan fingerprint density at radius 2 is 1.00 bits per heavy atom. The van der Waals surface area contributed by atoms with E-state index in [9.17, 15) is 0 Å². The number of ether oxygens (including phenoxy) is 3. The van der Waals surface area contributed by atoms with Crippen LogP contribution in [0.15, 0.2) is 60.7 Å². The van der Waals surface area contributed by atoms with E-state index in [4.69, 9.17) is 14.2 Å². The molecule has 2 aromatic rings. The van der Waals surface area contributed by atoms with Crippen molar-refractivity contribution < 1.29 is 14.2 Å². The first-order valence-corrected chi connectivity index (χ1v) is 13.6. The fourth-order valence-corrected chi connectivity index (χ4v) is 9.40. The van der Waals surface area contributed by atoms with Crippen molar-refractivity contribution in [2.24, 2.45) is 11.8 Å². The van der Waals surface area contributed by atoms with Gasteiger partial charge in [0.1, 0.15) is 12.2 Å². The Kier molecular flexibility index (Phi) is 6.66. The highest BCUT2D eigenvalue weighted by Crippen LogP contribution is 2.71. The lowest BCUT2D eigenvalue weighted by atomic mass is 9.88. The average Bonchev–Trinajstić information content (AvgIpc) is 3.60. The van der Waals surface area contributed by atoms with E-state index in [1.54, 1.807) is 0 Å². The molecule has 2 aliphatic rings. The molecular weight excluding hydrogens is 656 g/mol. The molecule has 0 spiro atoms. The predicted octanol–water partition coefficient (Wildman–Crippen LogP) is 8.22. The topological polar surface area (TPSA) is 34.3 Å². The van der Waals surface area contributed by atoms with Crippen molar-refractivity contribution in [3.8, 4) is 0 Å². The van der Waals surface area contributed by atoms with Crippen LogP contribution in [0.1, 0.15) is 51.0 Å². The van der Waals surface area contributed by atoms with Gasteiger partial charge in [-0.3, -0.25) is 0 Å². The summed E-state index contributed by atoms with van der Waals surface area (Å²) in [6.45, 7) is 8.58. The third kappa shape index (κ3) is 3.94. The van der Waals surface area contributed by atoms with E-state index >= 15 is 0 Å². The average molecular weight is 682 g/mol. The van der Waals surface area contributed by atoms with Crippen molar-refractivity contribution in [2.45, 2.75) is 57.9 Å². The minimum atomic E-state index is -0.968. The Morgan fingerprint density at radius 3 is 1.29 bits per heavy atom. The van der Waals surface area contributed by atoms with Crippen LogP contribution < -0.4 is 0 Å². The maximum Gasteiger partial charge on any atom is 0.212 e. The van der Waals surface area contributed by atoms with E-state index in [-0.39, 0.29) is 24.0 Å². The first kappa shape index (κ1) is 24.4. The lowest BCUT2D eigenvalue weighted by Gasteiger charge is -2.40. The van der Waals surface area contributed by atoms with Crippen LogP contribution in [-0.2, 0) is 14.2 Å². The van der Waals surface area contributed by atoms with Crippen LogP contribution in [0.4, 0.5) is 0 Å². The van der Waals surface area contributed by atoms with E-state index in [2.05, 4.69) is 116 Å². The van der Waals surface area contributed by atoms with Gasteiger partial charge in [-0.15, -0.1) is 0 Å². The van der Waals surface area contributed by atoms with E-state index in [1.165, 1.54) is 0 Å². The molecule has 0 saturated carbocycles. The zero-order chi connectivity index (χ0) is 22.7. The Bertz CT molecular complexity index is 843. The summed E-state index contributed by atoms with van der Waals surface area (Å²) in [6, 6.07) is 20.5. The van der Waals surface area contributed by atoms with Crippen LogP contribution in [-0.4, -0.2) is 18.0 Å². The zero-order valence-electron chi connectivity index (χ0n) is 17.8. The fourth-order valence-electron chi connectivity index (χ4n) is 4.52. The van der Waals surface area contributed by atoms with Gasteiger partial charge in [0.05, 0.1) is 0 Å². The summed E-state index contributed by atoms with van der Waals surface area (Å²) < 4.78 is 17.5. The Balaban J connectivity index is 1.63. The van der Waals surface area contributed by atoms with Gasteiger partial charge in [0.15, 0.2) is 11.2 Å². The summed E-state index contributed by atoms with van der Waals surface area (Å²) in [5.74, 6) is 0.347. The van der Waals surface area contributed by atoms with E-state index in [0.717, 1.165) is 11.1 Å². The van der Waals surface area contributed by atoms with Gasteiger partial charge >= 0.3 is 0 Å². The smallest absolute Gasteiger partial charge is 0.212 e. The molecule has 7 heteroatoms. The number of epoxide rings is 2. The van der Waals surface area contributed by atoms with Gasteiger partial charge in [-0.2, -0.15) is 0 Å². The molecule has 4 rings (SSSR count). The van der Waals surface area contributed by atoms with Crippen molar-refractivity contribution in [3.63, 3.8) is 0 Å². The van der Waals surface area contributed by atoms with Crippen molar-refractivity contribution in [1.82, 2.24) is 0 Å². The molecule has 3 nitrogen and oxygen atoms in total. The number of hydrogen-bond donors (Lipinski definition) is 0. The Hall–Kier alpha value is 0.240. The maximum atomic E-state index is 6.72. The molecule has 168 valence electrons. The minimum absolute atomic E-state index is 0.0942. The molecule has 0 radical (unpaired) electrons. The third-order valence-corrected chi connectivity index (χ3v) is 9.50. The van der Waals surface area contributed by atoms with E-state index < -0.39 is 18.0 Å². The molecule has 4 unspecified atom stereocenters. The number of alkyl halides is 4. The lowest BCUT2D eigenvalue weighted by molar-refractivity contribution is -0.0418. The van der Waals surface area contributed by atoms with E-state index in [0.29, 0.717) is 0 Å². The molecule has 0 aliphatic carbocycles. The molecule has 4 atom stereocenters. The first-order valence-electron chi connectivity index (χ1n) is 10.4. The van der Waals surface area contributed by atoms with Gasteiger partial charge in [-0.05, 0) is 86.7 Å². The standard InChI is InChI=1S/C24H26Br4O3/c1-15(2)21(19(29-21)17-11-7-5-8-12-17)23(25,26)31-24(27,28)22(16(3)4)20(30-22)18-13-9-6-10-14-18/h5-16,19-20H,1-4H3. The summed E-state index contributed by atoms with van der Waals surface area (Å²) in [5, 5.41) is 0. The normalized spacial score (nSPS) is 30.6. The highest BCUT2D eigenvalue weighted by Gasteiger charge is 2.77. The highest BCUT2D eigenvalue weighted by atomic mass is 79.9. The van der Waals surface area contributed by atoms with Gasteiger partial charge in [0.2, 0.25) is 6.84 Å². The molecular formula is C24H26Br4O3. The van der Waals surface area contributed by atoms with Gasteiger partial charge in [-0.25, -0.2) is 0 Å². The van der Waals surface area contributed by atoms with Crippen LogP contribution in [0.3, 0.4) is 0 Å². The summed E-state index contributed by atoms with van der Waals surface area (Å²) in [7, 11) is 0. The molecule has 2 fully saturated rings. The van der Waals surface area contributed by atoms with Crippen LogP contribution in [0.5, 0.6) is 0 Å². The maximum absolute atomic E-state index is 6.72. The Morgan fingerprint density at radius 1 is 0.677 bits per heavy atom. The minimum Gasteiger partial charge on any atom is -0.356 e. The third-order valence-electron chi connectivity index (χ3n) is 6.38. The molecule has 2 saturated heterocycles. The fraction of sp³-hybridized carbons (Fsp3) is 0.500. The van der Waals surface area contributed by atoms with Gasteiger partial charge in [0, 0.05) is 0 Å². The number of rotatable bonds is 8. The molecule has 0 bridgehead atoms. The first-order chi connectivity index (χ1) is 14.5. The molecule has 2 aliphatic heterocycles. The molecule has 0 amide bonds. The van der Waals surface area contributed by atoms with Crippen molar-refractivity contribution in [2.75, 3.05) is 0 Å². The highest BCUT2D eigenvalue weighted by molar-refractivity contribution is 9.26. The Labute approximate surface area is 218 Å². The largest absolute Gasteiger partial charge is 0.356 e. The molecule has 2 heterocycles. The summed E-state index contributed by atoms with van der Waals surface area (Å²) in [6.07, 6.45) is -0.188. The SMILES string of the molecule is CC(C)C1(C(Br)(Br)OC(Br)(Br)C2(C(C)C)OC2c2ccccc2)OC1c1ccccc1. The number of hydrogen-bond acceptors (Lipinski definition) is 3. The van der Waals surface area contributed by atoms with Crippen LogP contribution >= 0.6 is 63.7 Å². The van der Waals surface area contributed by atoms with Gasteiger partial charge in [0.25, 0.3) is 0 Å². The monoisotopic (exact) mass is 678 g/mol. The van der Waals surface area contributed by atoms with Gasteiger partial charge in [-0.1, -0.05) is 88.4 Å². The summed E-state index contributed by atoms with van der Waals surface area (Å²) in [4.78, 5) is 0. The molecule has 2 aromatic carbocycles. The summed E-state index contributed by atoms with van der Waals surface area (Å²) in [5.41, 5.74) is 1.05. The number of halogens is 4. The van der Waals surface area contributed by atoms with Crippen LogP contribution in [0.2, 0.25) is 0 Å². The number of benzene rings is 2. The quantitative estimate of drug-likeness (QED) is 0.208. The summed E-state index contributed by atoms with van der Waals surface area (Å²) >= 11 is 15.4. The van der Waals surface area contributed by atoms with Crippen molar-refractivity contribution in [3.05, 3.63) is 71.8 Å². The van der Waals surface area contributed by atoms with Crippen molar-refractivity contribution >= 4 is 63.7 Å². The van der Waals surface area contributed by atoms with Gasteiger partial charge < -0.3 is 14.2 Å². The molecule has 31 heavy (non-hydrogen) atoms. The molecule has 0 aromatic heterocycles. The predicted molar refractivity (Wildman–Crippen MR) is 138 cm³/mol. The van der Waals surface area contributed by atoms with Crippen LogP contribution in [0.25, 0.3) is 0 Å². The molecule has 0 N–H and O–H groups in total.